The zero-order chi connectivity index (χ0) is 31.6. The number of nitrogens with zero attached hydrogens (tertiary/aromatic N) is 3. The third-order valence-corrected chi connectivity index (χ3v) is 9.12. The molecule has 5 nitrogen and oxygen atoms in total. The van der Waals surface area contributed by atoms with E-state index in [-0.39, 0.29) is 0 Å². The van der Waals surface area contributed by atoms with E-state index >= 15 is 0 Å². The lowest BCUT2D eigenvalue weighted by Gasteiger charge is -2.10. The highest BCUT2D eigenvalue weighted by Gasteiger charge is 2.18. The second kappa shape index (κ2) is 10.5. The third kappa shape index (κ3) is 4.29. The van der Waals surface area contributed by atoms with Crippen LogP contribution >= 0.6 is 0 Å². The van der Waals surface area contributed by atoms with Gasteiger partial charge in [0.15, 0.2) is 17.5 Å². The molecule has 0 saturated carbocycles. The molecule has 224 valence electrons. The first-order chi connectivity index (χ1) is 23.7. The highest BCUT2D eigenvalue weighted by Crippen LogP contribution is 2.37. The summed E-state index contributed by atoms with van der Waals surface area (Å²) in [5, 5.41) is 6.63. The van der Waals surface area contributed by atoms with Crippen molar-refractivity contribution in [2.75, 3.05) is 0 Å². The fraction of sp³-hybridized carbons (Fsp3) is 0. The van der Waals surface area contributed by atoms with E-state index in [1.807, 2.05) is 72.8 Å². The fourth-order valence-electron chi connectivity index (χ4n) is 6.76. The van der Waals surface area contributed by atoms with Crippen molar-refractivity contribution >= 4 is 54.6 Å². The number of fused-ring (bicyclic) bond motifs is 7. The maximum atomic E-state index is 6.18. The number of rotatable bonds is 4. The molecule has 0 spiro atoms. The van der Waals surface area contributed by atoms with Crippen molar-refractivity contribution in [3.05, 3.63) is 152 Å². The molecule has 7 aromatic carbocycles. The van der Waals surface area contributed by atoms with Crippen molar-refractivity contribution in [1.82, 2.24) is 15.0 Å². The molecule has 10 aromatic rings. The van der Waals surface area contributed by atoms with Crippen molar-refractivity contribution in [3.8, 4) is 45.3 Å². The summed E-state index contributed by atoms with van der Waals surface area (Å²) in [6.07, 6.45) is 0. The summed E-state index contributed by atoms with van der Waals surface area (Å²) >= 11 is 0. The van der Waals surface area contributed by atoms with Gasteiger partial charge in [0, 0.05) is 38.2 Å². The predicted octanol–water partition coefficient (Wildman–Crippen LogP) is 11.5. The number of hydrogen-bond acceptors (Lipinski definition) is 5. The van der Waals surface area contributed by atoms with Crippen LogP contribution in [-0.4, -0.2) is 15.0 Å². The third-order valence-electron chi connectivity index (χ3n) is 9.12. The van der Waals surface area contributed by atoms with Crippen LogP contribution in [0.1, 0.15) is 0 Å². The normalized spacial score (nSPS) is 11.8. The average molecular weight is 616 g/mol. The highest BCUT2D eigenvalue weighted by atomic mass is 16.3. The minimum atomic E-state index is 0.603. The molecule has 0 fully saturated rings. The molecular formula is C43H25N3O2. The van der Waals surface area contributed by atoms with Crippen molar-refractivity contribution in [1.29, 1.82) is 0 Å². The molecule has 0 unspecified atom stereocenters. The maximum absolute atomic E-state index is 6.18. The van der Waals surface area contributed by atoms with E-state index in [0.717, 1.165) is 77.1 Å². The van der Waals surface area contributed by atoms with E-state index in [9.17, 15) is 0 Å². The van der Waals surface area contributed by atoms with Crippen LogP contribution in [0, 0.1) is 0 Å². The summed E-state index contributed by atoms with van der Waals surface area (Å²) < 4.78 is 12.4. The zero-order valence-electron chi connectivity index (χ0n) is 25.6. The first-order valence-electron chi connectivity index (χ1n) is 15.9. The maximum Gasteiger partial charge on any atom is 0.164 e. The predicted molar refractivity (Wildman–Crippen MR) is 194 cm³/mol. The second-order valence-electron chi connectivity index (χ2n) is 12.0. The van der Waals surface area contributed by atoms with E-state index in [1.54, 1.807) is 0 Å². The quantitative estimate of drug-likeness (QED) is 0.197. The topological polar surface area (TPSA) is 65.0 Å². The molecule has 0 aliphatic heterocycles. The number of benzene rings is 7. The first-order valence-corrected chi connectivity index (χ1v) is 15.9. The van der Waals surface area contributed by atoms with Gasteiger partial charge in [0.05, 0.1) is 0 Å². The smallest absolute Gasteiger partial charge is 0.164 e. The van der Waals surface area contributed by atoms with Crippen LogP contribution in [0.15, 0.2) is 160 Å². The largest absolute Gasteiger partial charge is 0.456 e. The molecular weight excluding hydrogens is 590 g/mol. The summed E-state index contributed by atoms with van der Waals surface area (Å²) in [4.78, 5) is 15.0. The Morgan fingerprint density at radius 3 is 1.75 bits per heavy atom. The summed E-state index contributed by atoms with van der Waals surface area (Å²) in [6, 6.07) is 51.7. The van der Waals surface area contributed by atoms with Gasteiger partial charge in [0.25, 0.3) is 0 Å². The Kier molecular flexibility index (Phi) is 5.81. The molecule has 0 N–H and O–H groups in total. The van der Waals surface area contributed by atoms with Crippen LogP contribution in [-0.2, 0) is 0 Å². The Morgan fingerprint density at radius 1 is 0.333 bits per heavy atom. The summed E-state index contributed by atoms with van der Waals surface area (Å²) in [5.74, 6) is 1.84. The number of furan rings is 2. The van der Waals surface area contributed by atoms with Crippen LogP contribution < -0.4 is 0 Å². The van der Waals surface area contributed by atoms with Crippen LogP contribution in [0.3, 0.4) is 0 Å². The van der Waals surface area contributed by atoms with Gasteiger partial charge in [-0.2, -0.15) is 0 Å². The van der Waals surface area contributed by atoms with Crippen molar-refractivity contribution in [2.45, 2.75) is 0 Å². The first kappa shape index (κ1) is 26.6. The molecule has 0 amide bonds. The molecule has 0 saturated heterocycles. The van der Waals surface area contributed by atoms with Gasteiger partial charge in [0.2, 0.25) is 0 Å². The van der Waals surface area contributed by atoms with Crippen molar-refractivity contribution in [3.63, 3.8) is 0 Å². The molecule has 0 radical (unpaired) electrons. The SMILES string of the molecule is c1ccc(-c2nc(-c3ccc(-c4ccc5cc6c(cc5c4)oc4ccccc46)cc3)nc(-c3cccc4oc5ccccc5c34)n2)cc1. The molecule has 3 aromatic heterocycles. The Bertz CT molecular complexity index is 2830. The van der Waals surface area contributed by atoms with E-state index in [4.69, 9.17) is 23.8 Å². The van der Waals surface area contributed by atoms with Gasteiger partial charge in [0.1, 0.15) is 22.3 Å². The van der Waals surface area contributed by atoms with Gasteiger partial charge in [-0.25, -0.2) is 15.0 Å². The summed E-state index contributed by atoms with van der Waals surface area (Å²) in [6.45, 7) is 0. The Balaban J connectivity index is 1.08. The van der Waals surface area contributed by atoms with E-state index in [1.165, 1.54) is 5.39 Å². The van der Waals surface area contributed by atoms with Gasteiger partial charge in [-0.05, 0) is 58.3 Å². The van der Waals surface area contributed by atoms with Gasteiger partial charge in [-0.3, -0.25) is 0 Å². The number of aromatic nitrogens is 3. The Labute approximate surface area is 274 Å². The number of hydrogen-bond donors (Lipinski definition) is 0. The van der Waals surface area contributed by atoms with Crippen molar-refractivity contribution in [2.24, 2.45) is 0 Å². The fourth-order valence-corrected chi connectivity index (χ4v) is 6.76. The van der Waals surface area contributed by atoms with Gasteiger partial charge < -0.3 is 8.83 Å². The molecule has 5 heteroatoms. The lowest BCUT2D eigenvalue weighted by molar-refractivity contribution is 0.669. The van der Waals surface area contributed by atoms with Crippen LogP contribution in [0.4, 0.5) is 0 Å². The van der Waals surface area contributed by atoms with Gasteiger partial charge in [-0.15, -0.1) is 0 Å². The van der Waals surface area contributed by atoms with E-state index in [2.05, 4.69) is 78.9 Å². The lowest BCUT2D eigenvalue weighted by Crippen LogP contribution is -2.00. The molecule has 48 heavy (non-hydrogen) atoms. The zero-order valence-corrected chi connectivity index (χ0v) is 25.6. The van der Waals surface area contributed by atoms with Crippen LogP contribution in [0.25, 0.3) is 99.9 Å². The molecule has 0 aliphatic rings. The summed E-state index contributed by atoms with van der Waals surface area (Å²) in [7, 11) is 0. The standard InChI is InChI=1S/C43H25N3O2/c1-2-9-27(10-3-1)41-44-42(46-43(45-41)34-13-8-16-38-40(34)33-12-5-7-15-37(33)47-38)28-19-17-26(18-20-28)29-21-22-30-24-35-32-11-4-6-14-36(32)48-39(35)25-31(30)23-29/h1-25H. The molecule has 3 heterocycles. The Hall–Kier alpha value is -6.59. The van der Waals surface area contributed by atoms with E-state index < -0.39 is 0 Å². The van der Waals surface area contributed by atoms with Crippen LogP contribution in [0.5, 0.6) is 0 Å². The average Bonchev–Trinajstić information content (AvgIpc) is 3.72. The molecule has 0 bridgehead atoms. The van der Waals surface area contributed by atoms with Crippen molar-refractivity contribution < 1.29 is 8.83 Å². The number of para-hydroxylation sites is 2. The minimum Gasteiger partial charge on any atom is -0.456 e. The monoisotopic (exact) mass is 615 g/mol. The van der Waals surface area contributed by atoms with Crippen LogP contribution in [0.2, 0.25) is 0 Å². The van der Waals surface area contributed by atoms with Gasteiger partial charge in [-0.1, -0.05) is 115 Å². The van der Waals surface area contributed by atoms with Gasteiger partial charge >= 0.3 is 0 Å². The Morgan fingerprint density at radius 2 is 0.938 bits per heavy atom. The highest BCUT2D eigenvalue weighted by molar-refractivity contribution is 6.12. The summed E-state index contributed by atoms with van der Waals surface area (Å²) in [5.41, 5.74) is 8.43. The minimum absolute atomic E-state index is 0.603. The molecule has 10 rings (SSSR count). The molecule has 0 atom stereocenters. The van der Waals surface area contributed by atoms with E-state index in [0.29, 0.717) is 17.5 Å². The second-order valence-corrected chi connectivity index (χ2v) is 12.0. The lowest BCUT2D eigenvalue weighted by atomic mass is 9.99. The molecule has 0 aliphatic carbocycles.